The van der Waals surface area contributed by atoms with Gasteiger partial charge in [0.2, 0.25) is 0 Å². The van der Waals surface area contributed by atoms with E-state index in [-0.39, 0.29) is 5.92 Å². The molecule has 0 fully saturated rings. The third kappa shape index (κ3) is 4.71. The zero-order chi connectivity index (χ0) is 17.5. The van der Waals surface area contributed by atoms with Crippen LogP contribution in [-0.4, -0.2) is 6.54 Å². The largest absolute Gasteiger partial charge is 0.489 e. The first kappa shape index (κ1) is 17.7. The molecular formula is C22H22BrNO. The van der Waals surface area contributed by atoms with E-state index in [9.17, 15) is 0 Å². The predicted octanol–water partition coefficient (Wildman–Crippen LogP) is 5.51. The van der Waals surface area contributed by atoms with Gasteiger partial charge in [-0.1, -0.05) is 76.6 Å². The highest BCUT2D eigenvalue weighted by Crippen LogP contribution is 2.36. The van der Waals surface area contributed by atoms with Crippen molar-refractivity contribution in [3.63, 3.8) is 0 Å². The molecule has 0 bridgehead atoms. The number of rotatable bonds is 7. The first-order chi connectivity index (χ1) is 12.3. The molecule has 0 saturated carbocycles. The highest BCUT2D eigenvalue weighted by Gasteiger charge is 2.18. The molecule has 3 rings (SSSR count). The fourth-order valence-corrected chi connectivity index (χ4v) is 3.39. The number of hydrogen-bond donors (Lipinski definition) is 1. The second-order valence-electron chi connectivity index (χ2n) is 6.00. The SMILES string of the molecule is NCCC(c1ccccc1)c1cc(Br)ccc1OCc1ccccc1. The van der Waals surface area contributed by atoms with Crippen molar-refractivity contribution in [2.45, 2.75) is 18.9 Å². The van der Waals surface area contributed by atoms with Crippen molar-refractivity contribution < 1.29 is 4.74 Å². The highest BCUT2D eigenvalue weighted by atomic mass is 79.9. The molecule has 0 aromatic heterocycles. The standard InChI is InChI=1S/C22H22BrNO/c23-19-11-12-22(25-16-17-7-3-1-4-8-17)21(15-19)20(13-14-24)18-9-5-2-6-10-18/h1-12,15,20H,13-14,16,24H2. The van der Waals surface area contributed by atoms with Gasteiger partial charge < -0.3 is 10.5 Å². The summed E-state index contributed by atoms with van der Waals surface area (Å²) in [4.78, 5) is 0. The van der Waals surface area contributed by atoms with Crippen LogP contribution in [0.4, 0.5) is 0 Å². The maximum Gasteiger partial charge on any atom is 0.123 e. The van der Waals surface area contributed by atoms with Gasteiger partial charge >= 0.3 is 0 Å². The Hall–Kier alpha value is -2.10. The molecule has 3 heteroatoms. The van der Waals surface area contributed by atoms with Crippen molar-refractivity contribution in [3.8, 4) is 5.75 Å². The van der Waals surface area contributed by atoms with Gasteiger partial charge in [0.25, 0.3) is 0 Å². The molecule has 0 amide bonds. The minimum absolute atomic E-state index is 0.217. The van der Waals surface area contributed by atoms with Crippen LogP contribution in [0, 0.1) is 0 Å². The van der Waals surface area contributed by atoms with Crippen LogP contribution in [0.3, 0.4) is 0 Å². The number of ether oxygens (including phenoxy) is 1. The normalized spacial score (nSPS) is 11.9. The lowest BCUT2D eigenvalue weighted by atomic mass is 9.88. The van der Waals surface area contributed by atoms with E-state index in [4.69, 9.17) is 10.5 Å². The Morgan fingerprint density at radius 2 is 1.56 bits per heavy atom. The first-order valence-corrected chi connectivity index (χ1v) is 9.28. The Balaban J connectivity index is 1.91. The van der Waals surface area contributed by atoms with E-state index < -0.39 is 0 Å². The Morgan fingerprint density at radius 1 is 0.880 bits per heavy atom. The van der Waals surface area contributed by atoms with E-state index in [1.54, 1.807) is 0 Å². The Morgan fingerprint density at radius 3 is 2.24 bits per heavy atom. The summed E-state index contributed by atoms with van der Waals surface area (Å²) in [6, 6.07) is 26.9. The molecule has 0 spiro atoms. The minimum Gasteiger partial charge on any atom is -0.489 e. The van der Waals surface area contributed by atoms with E-state index in [2.05, 4.69) is 58.4 Å². The zero-order valence-corrected chi connectivity index (χ0v) is 15.7. The van der Waals surface area contributed by atoms with Gasteiger partial charge in [-0.05, 0) is 42.3 Å². The summed E-state index contributed by atoms with van der Waals surface area (Å²) in [6.07, 6.45) is 0.877. The molecule has 0 aliphatic carbocycles. The number of nitrogens with two attached hydrogens (primary N) is 1. The summed E-state index contributed by atoms with van der Waals surface area (Å²) < 4.78 is 7.21. The molecule has 0 aliphatic heterocycles. The summed E-state index contributed by atoms with van der Waals surface area (Å²) in [6.45, 7) is 1.18. The number of benzene rings is 3. The monoisotopic (exact) mass is 395 g/mol. The highest BCUT2D eigenvalue weighted by molar-refractivity contribution is 9.10. The molecule has 0 aliphatic rings. The van der Waals surface area contributed by atoms with E-state index >= 15 is 0 Å². The lowest BCUT2D eigenvalue weighted by molar-refractivity contribution is 0.301. The minimum atomic E-state index is 0.217. The van der Waals surface area contributed by atoms with Crippen molar-refractivity contribution in [3.05, 3.63) is 100 Å². The quantitative estimate of drug-likeness (QED) is 0.572. The molecule has 0 heterocycles. The lowest BCUT2D eigenvalue weighted by Crippen LogP contribution is -2.10. The van der Waals surface area contributed by atoms with Gasteiger partial charge in [-0.25, -0.2) is 0 Å². The van der Waals surface area contributed by atoms with Gasteiger partial charge in [-0.15, -0.1) is 0 Å². The maximum atomic E-state index is 6.17. The van der Waals surface area contributed by atoms with Crippen molar-refractivity contribution in [1.82, 2.24) is 0 Å². The number of hydrogen-bond acceptors (Lipinski definition) is 2. The van der Waals surface area contributed by atoms with Gasteiger partial charge in [-0.3, -0.25) is 0 Å². The van der Waals surface area contributed by atoms with Gasteiger partial charge in [-0.2, -0.15) is 0 Å². The molecule has 3 aromatic carbocycles. The van der Waals surface area contributed by atoms with E-state index in [1.807, 2.05) is 36.4 Å². The van der Waals surface area contributed by atoms with Crippen LogP contribution in [0.25, 0.3) is 0 Å². The topological polar surface area (TPSA) is 35.2 Å². The predicted molar refractivity (Wildman–Crippen MR) is 107 cm³/mol. The molecule has 2 nitrogen and oxygen atoms in total. The molecular weight excluding hydrogens is 374 g/mol. The van der Waals surface area contributed by atoms with Gasteiger partial charge in [0, 0.05) is 16.0 Å². The smallest absolute Gasteiger partial charge is 0.123 e. The molecule has 2 N–H and O–H groups in total. The fourth-order valence-electron chi connectivity index (χ4n) is 3.01. The first-order valence-electron chi connectivity index (χ1n) is 8.49. The zero-order valence-electron chi connectivity index (χ0n) is 14.1. The van der Waals surface area contributed by atoms with Gasteiger partial charge in [0.15, 0.2) is 0 Å². The Labute approximate surface area is 157 Å². The van der Waals surface area contributed by atoms with Crippen molar-refractivity contribution in [1.29, 1.82) is 0 Å². The summed E-state index contributed by atoms with van der Waals surface area (Å²) in [5.74, 6) is 1.13. The molecule has 1 unspecified atom stereocenters. The molecule has 128 valence electrons. The van der Waals surface area contributed by atoms with E-state index in [0.717, 1.165) is 22.2 Å². The summed E-state index contributed by atoms with van der Waals surface area (Å²) in [7, 11) is 0. The van der Waals surface area contributed by atoms with Gasteiger partial charge in [0.05, 0.1) is 0 Å². The van der Waals surface area contributed by atoms with Crippen LogP contribution in [0.1, 0.15) is 29.0 Å². The van der Waals surface area contributed by atoms with Crippen LogP contribution in [0.15, 0.2) is 83.3 Å². The third-order valence-corrected chi connectivity index (χ3v) is 4.73. The molecule has 1 atom stereocenters. The third-order valence-electron chi connectivity index (χ3n) is 4.24. The lowest BCUT2D eigenvalue weighted by Gasteiger charge is -2.21. The van der Waals surface area contributed by atoms with E-state index in [0.29, 0.717) is 13.2 Å². The Kier molecular flexibility index (Phi) is 6.26. The fraction of sp³-hybridized carbons (Fsp3) is 0.182. The summed E-state index contributed by atoms with van der Waals surface area (Å²) >= 11 is 3.60. The summed E-state index contributed by atoms with van der Waals surface area (Å²) in [5.41, 5.74) is 9.49. The molecule has 0 saturated heterocycles. The Bertz CT molecular complexity index is 790. The van der Waals surface area contributed by atoms with Crippen LogP contribution in [0.2, 0.25) is 0 Å². The maximum absolute atomic E-state index is 6.17. The van der Waals surface area contributed by atoms with Crippen LogP contribution >= 0.6 is 15.9 Å². The second kappa shape index (κ2) is 8.84. The average Bonchev–Trinajstić information content (AvgIpc) is 2.66. The average molecular weight is 396 g/mol. The van der Waals surface area contributed by atoms with Crippen LogP contribution < -0.4 is 10.5 Å². The summed E-state index contributed by atoms with van der Waals surface area (Å²) in [5, 5.41) is 0. The second-order valence-corrected chi connectivity index (χ2v) is 6.91. The molecule has 3 aromatic rings. The van der Waals surface area contributed by atoms with Crippen LogP contribution in [0.5, 0.6) is 5.75 Å². The number of halogens is 1. The van der Waals surface area contributed by atoms with Crippen molar-refractivity contribution in [2.75, 3.05) is 6.54 Å². The van der Waals surface area contributed by atoms with Gasteiger partial charge in [0.1, 0.15) is 12.4 Å². The molecule has 0 radical (unpaired) electrons. The van der Waals surface area contributed by atoms with Crippen molar-refractivity contribution >= 4 is 15.9 Å². The van der Waals surface area contributed by atoms with E-state index in [1.165, 1.54) is 11.1 Å². The van der Waals surface area contributed by atoms with Crippen molar-refractivity contribution in [2.24, 2.45) is 5.73 Å². The molecule has 25 heavy (non-hydrogen) atoms. The van der Waals surface area contributed by atoms with Crippen LogP contribution in [-0.2, 0) is 6.61 Å².